The number of rotatable bonds is 4. The number of benzene rings is 1. The van der Waals surface area contributed by atoms with Crippen LogP contribution in [0.25, 0.3) is 0 Å². The van der Waals surface area contributed by atoms with Crippen molar-refractivity contribution in [3.63, 3.8) is 0 Å². The molecule has 0 radical (unpaired) electrons. The second-order valence-corrected chi connectivity index (χ2v) is 5.06. The van der Waals surface area contributed by atoms with Crippen molar-refractivity contribution in [3.05, 3.63) is 39.3 Å². The van der Waals surface area contributed by atoms with Crippen molar-refractivity contribution in [3.8, 4) is 0 Å². The summed E-state index contributed by atoms with van der Waals surface area (Å²) in [6, 6.07) is 5.50. The standard InChI is InChI=1S/C11H13ClN4OS/c1-2-16-10(17)14-15-11(16)18-9-4-3-8(12)5-7(9)6-13/h3-5H,2,6,13H2,1H3,(H,14,17). The van der Waals surface area contributed by atoms with Gasteiger partial charge in [0.1, 0.15) is 0 Å². The Labute approximate surface area is 113 Å². The molecular weight excluding hydrogens is 272 g/mol. The van der Waals surface area contributed by atoms with E-state index in [0.717, 1.165) is 10.5 Å². The molecule has 1 aromatic carbocycles. The van der Waals surface area contributed by atoms with E-state index in [1.165, 1.54) is 11.8 Å². The lowest BCUT2D eigenvalue weighted by Crippen LogP contribution is -2.16. The minimum absolute atomic E-state index is 0.205. The van der Waals surface area contributed by atoms with E-state index >= 15 is 0 Å². The van der Waals surface area contributed by atoms with E-state index in [1.54, 1.807) is 10.6 Å². The van der Waals surface area contributed by atoms with E-state index in [2.05, 4.69) is 10.2 Å². The van der Waals surface area contributed by atoms with Gasteiger partial charge in [0.15, 0.2) is 5.16 Å². The van der Waals surface area contributed by atoms with Crippen molar-refractivity contribution in [2.24, 2.45) is 5.73 Å². The van der Waals surface area contributed by atoms with E-state index in [-0.39, 0.29) is 5.69 Å². The van der Waals surface area contributed by atoms with Crippen LogP contribution in [-0.4, -0.2) is 14.8 Å². The SMILES string of the molecule is CCn1c(Sc2ccc(Cl)cc2CN)n[nH]c1=O. The average molecular weight is 285 g/mol. The monoisotopic (exact) mass is 284 g/mol. The number of aromatic amines is 1. The number of aromatic nitrogens is 3. The highest BCUT2D eigenvalue weighted by molar-refractivity contribution is 7.99. The zero-order valence-electron chi connectivity index (χ0n) is 9.81. The van der Waals surface area contributed by atoms with Gasteiger partial charge in [0.25, 0.3) is 0 Å². The second kappa shape index (κ2) is 5.60. The first-order valence-corrected chi connectivity index (χ1v) is 6.66. The lowest BCUT2D eigenvalue weighted by molar-refractivity contribution is 0.660. The van der Waals surface area contributed by atoms with Crippen molar-refractivity contribution in [1.29, 1.82) is 0 Å². The third kappa shape index (κ3) is 2.60. The highest BCUT2D eigenvalue weighted by atomic mass is 35.5. The Morgan fingerprint density at radius 3 is 3.00 bits per heavy atom. The van der Waals surface area contributed by atoms with Crippen molar-refractivity contribution in [2.75, 3.05) is 0 Å². The number of halogens is 1. The molecule has 2 aromatic rings. The van der Waals surface area contributed by atoms with Crippen LogP contribution in [0.5, 0.6) is 0 Å². The molecule has 2 rings (SSSR count). The summed E-state index contributed by atoms with van der Waals surface area (Å²) in [6.07, 6.45) is 0. The highest BCUT2D eigenvalue weighted by Crippen LogP contribution is 2.30. The molecule has 5 nitrogen and oxygen atoms in total. The molecule has 0 saturated carbocycles. The quantitative estimate of drug-likeness (QED) is 0.898. The fourth-order valence-electron chi connectivity index (χ4n) is 1.57. The number of nitrogens with one attached hydrogen (secondary N) is 1. The normalized spacial score (nSPS) is 10.8. The van der Waals surface area contributed by atoms with Crippen molar-refractivity contribution >= 4 is 23.4 Å². The fraction of sp³-hybridized carbons (Fsp3) is 0.273. The second-order valence-electron chi connectivity index (χ2n) is 3.61. The Kier molecular flexibility index (Phi) is 4.11. The van der Waals surface area contributed by atoms with Crippen LogP contribution in [0, 0.1) is 0 Å². The Morgan fingerprint density at radius 2 is 2.33 bits per heavy atom. The molecule has 0 aliphatic heterocycles. The Hall–Kier alpha value is -1.24. The molecule has 1 heterocycles. The van der Waals surface area contributed by atoms with Gasteiger partial charge in [-0.1, -0.05) is 11.6 Å². The Balaban J connectivity index is 2.36. The lowest BCUT2D eigenvalue weighted by Gasteiger charge is -2.07. The maximum atomic E-state index is 11.5. The third-order valence-corrected chi connectivity index (χ3v) is 3.83. The summed E-state index contributed by atoms with van der Waals surface area (Å²) in [5.41, 5.74) is 6.41. The average Bonchev–Trinajstić information content (AvgIpc) is 2.72. The number of H-pyrrole nitrogens is 1. The molecule has 3 N–H and O–H groups in total. The van der Waals surface area contributed by atoms with Crippen molar-refractivity contribution in [2.45, 2.75) is 30.1 Å². The van der Waals surface area contributed by atoms with Crippen molar-refractivity contribution < 1.29 is 0 Å². The molecule has 0 saturated heterocycles. The van der Waals surface area contributed by atoms with Gasteiger partial charge >= 0.3 is 5.69 Å². The Bertz CT molecular complexity index is 607. The van der Waals surface area contributed by atoms with Crippen LogP contribution in [-0.2, 0) is 13.1 Å². The minimum atomic E-state index is -0.205. The first kappa shape index (κ1) is 13.2. The summed E-state index contributed by atoms with van der Waals surface area (Å²) >= 11 is 7.32. The Morgan fingerprint density at radius 1 is 1.56 bits per heavy atom. The number of nitrogens with two attached hydrogens (primary N) is 1. The zero-order valence-corrected chi connectivity index (χ0v) is 11.4. The molecule has 0 aliphatic carbocycles. The largest absolute Gasteiger partial charge is 0.343 e. The van der Waals surface area contributed by atoms with Gasteiger partial charge in [0, 0.05) is 23.0 Å². The maximum absolute atomic E-state index is 11.5. The van der Waals surface area contributed by atoms with Gasteiger partial charge in [-0.2, -0.15) is 0 Å². The fourth-order valence-corrected chi connectivity index (χ4v) is 2.78. The first-order chi connectivity index (χ1) is 8.65. The molecule has 0 unspecified atom stereocenters. The summed E-state index contributed by atoms with van der Waals surface area (Å²) in [5.74, 6) is 0. The van der Waals surface area contributed by atoms with E-state index < -0.39 is 0 Å². The van der Waals surface area contributed by atoms with Gasteiger partial charge in [-0.25, -0.2) is 9.89 Å². The summed E-state index contributed by atoms with van der Waals surface area (Å²) in [5, 5.41) is 7.70. The smallest absolute Gasteiger partial charge is 0.326 e. The highest BCUT2D eigenvalue weighted by Gasteiger charge is 2.11. The molecule has 1 aromatic heterocycles. The molecule has 0 aliphatic rings. The summed E-state index contributed by atoms with van der Waals surface area (Å²) in [4.78, 5) is 12.4. The summed E-state index contributed by atoms with van der Waals surface area (Å²) < 4.78 is 1.57. The van der Waals surface area contributed by atoms with Gasteiger partial charge in [0.05, 0.1) is 0 Å². The third-order valence-electron chi connectivity index (χ3n) is 2.48. The van der Waals surface area contributed by atoms with E-state index in [1.807, 2.05) is 19.1 Å². The summed E-state index contributed by atoms with van der Waals surface area (Å²) in [6.45, 7) is 2.86. The van der Waals surface area contributed by atoms with Crippen LogP contribution >= 0.6 is 23.4 Å². The van der Waals surface area contributed by atoms with Crippen LogP contribution in [0.2, 0.25) is 5.02 Å². The molecule has 0 bridgehead atoms. The molecule has 18 heavy (non-hydrogen) atoms. The molecule has 96 valence electrons. The molecule has 0 amide bonds. The molecule has 0 fully saturated rings. The molecule has 7 heteroatoms. The molecule has 0 atom stereocenters. The first-order valence-electron chi connectivity index (χ1n) is 5.47. The van der Waals surface area contributed by atoms with E-state index in [0.29, 0.717) is 23.3 Å². The topological polar surface area (TPSA) is 76.7 Å². The molecular formula is C11H13ClN4OS. The van der Waals surface area contributed by atoms with Crippen molar-refractivity contribution in [1.82, 2.24) is 14.8 Å². The molecule has 0 spiro atoms. The van der Waals surface area contributed by atoms with Gasteiger partial charge in [-0.3, -0.25) is 4.57 Å². The van der Waals surface area contributed by atoms with Gasteiger partial charge in [-0.15, -0.1) is 5.10 Å². The number of hydrogen-bond donors (Lipinski definition) is 2. The van der Waals surface area contributed by atoms with Crippen LogP contribution in [0.3, 0.4) is 0 Å². The van der Waals surface area contributed by atoms with Gasteiger partial charge in [-0.05, 0) is 42.4 Å². The maximum Gasteiger partial charge on any atom is 0.343 e. The van der Waals surface area contributed by atoms with Gasteiger partial charge in [0.2, 0.25) is 0 Å². The van der Waals surface area contributed by atoms with Crippen LogP contribution in [0.1, 0.15) is 12.5 Å². The van der Waals surface area contributed by atoms with Crippen LogP contribution < -0.4 is 11.4 Å². The van der Waals surface area contributed by atoms with Crippen LogP contribution in [0.15, 0.2) is 33.0 Å². The lowest BCUT2D eigenvalue weighted by atomic mass is 10.2. The number of hydrogen-bond acceptors (Lipinski definition) is 4. The van der Waals surface area contributed by atoms with E-state index in [4.69, 9.17) is 17.3 Å². The van der Waals surface area contributed by atoms with Crippen LogP contribution in [0.4, 0.5) is 0 Å². The number of nitrogens with zero attached hydrogens (tertiary/aromatic N) is 2. The minimum Gasteiger partial charge on any atom is -0.326 e. The van der Waals surface area contributed by atoms with Gasteiger partial charge < -0.3 is 5.73 Å². The zero-order chi connectivity index (χ0) is 13.1. The predicted molar refractivity (Wildman–Crippen MR) is 72.0 cm³/mol. The predicted octanol–water partition coefficient (Wildman–Crippen LogP) is 1.85. The van der Waals surface area contributed by atoms with E-state index in [9.17, 15) is 4.79 Å². The summed E-state index contributed by atoms with van der Waals surface area (Å²) in [7, 11) is 0.